The predicted molar refractivity (Wildman–Crippen MR) is 111 cm³/mol. The van der Waals surface area contributed by atoms with Gasteiger partial charge in [0.2, 0.25) is 0 Å². The Balaban J connectivity index is 1.75. The van der Waals surface area contributed by atoms with E-state index in [1.807, 2.05) is 0 Å². The predicted octanol–water partition coefficient (Wildman–Crippen LogP) is 7.54. The van der Waals surface area contributed by atoms with Gasteiger partial charge < -0.3 is 0 Å². The Morgan fingerprint density at radius 2 is 1.08 bits per heavy atom. The zero-order valence-electron chi connectivity index (χ0n) is 17.3. The molecule has 0 bridgehead atoms. The zero-order chi connectivity index (χ0) is 18.0. The highest BCUT2D eigenvalue weighted by Gasteiger charge is 2.00. The second kappa shape index (κ2) is 16.6. The molecule has 0 atom stereocenters. The van der Waals surface area contributed by atoms with Crippen LogP contribution in [0.1, 0.15) is 115 Å². The summed E-state index contributed by atoms with van der Waals surface area (Å²) in [6.45, 7) is 5.65. The van der Waals surface area contributed by atoms with Gasteiger partial charge in [0.15, 0.2) is 12.4 Å². The fourth-order valence-electron chi connectivity index (χ4n) is 3.63. The van der Waals surface area contributed by atoms with Crippen molar-refractivity contribution in [2.45, 2.75) is 123 Å². The minimum Gasteiger partial charge on any atom is -0.205 e. The maximum Gasteiger partial charge on any atom is 0.171 e. The Morgan fingerprint density at radius 1 is 0.640 bits per heavy atom. The Morgan fingerprint density at radius 3 is 1.52 bits per heavy atom. The second-order valence-corrected chi connectivity index (χ2v) is 7.92. The van der Waals surface area contributed by atoms with Crippen molar-refractivity contribution in [1.82, 2.24) is 0 Å². The van der Waals surface area contributed by atoms with E-state index >= 15 is 0 Å². The highest BCUT2D eigenvalue weighted by molar-refractivity contribution is 5.01. The molecule has 0 N–H and O–H groups in total. The lowest BCUT2D eigenvalue weighted by Gasteiger charge is -2.03. The summed E-state index contributed by atoms with van der Waals surface area (Å²) >= 11 is 0. The lowest BCUT2D eigenvalue weighted by Crippen LogP contribution is -2.32. The first-order valence-corrected chi connectivity index (χ1v) is 11.3. The molecule has 0 radical (unpaired) electrons. The van der Waals surface area contributed by atoms with E-state index in [0.717, 1.165) is 0 Å². The number of aromatic nitrogens is 1. The van der Waals surface area contributed by atoms with Gasteiger partial charge >= 0.3 is 0 Å². The molecule has 0 unspecified atom stereocenters. The molecule has 1 rings (SSSR count). The molecule has 1 nitrogen and oxygen atoms in total. The first kappa shape index (κ1) is 22.2. The normalized spacial score (nSPS) is 11.1. The molecule has 0 saturated carbocycles. The van der Waals surface area contributed by atoms with Crippen LogP contribution in [0.5, 0.6) is 0 Å². The van der Waals surface area contributed by atoms with Crippen LogP contribution in [0.4, 0.5) is 0 Å². The Hall–Kier alpha value is -0.850. The van der Waals surface area contributed by atoms with E-state index in [2.05, 4.69) is 42.9 Å². The van der Waals surface area contributed by atoms with Gasteiger partial charge in [-0.05, 0) is 19.4 Å². The van der Waals surface area contributed by atoms with E-state index in [-0.39, 0.29) is 0 Å². The fourth-order valence-corrected chi connectivity index (χ4v) is 3.63. The smallest absolute Gasteiger partial charge is 0.171 e. The lowest BCUT2D eigenvalue weighted by molar-refractivity contribution is -0.697. The molecule has 1 aromatic heterocycles. The quantitative estimate of drug-likeness (QED) is 0.202. The average molecular weight is 347 g/mol. The van der Waals surface area contributed by atoms with Crippen molar-refractivity contribution in [2.24, 2.45) is 0 Å². The molecule has 0 spiro atoms. The van der Waals surface area contributed by atoms with Crippen molar-refractivity contribution in [2.75, 3.05) is 0 Å². The summed E-state index contributed by atoms with van der Waals surface area (Å²) in [5, 5.41) is 0. The number of nitrogens with zero attached hydrogens (tertiary/aromatic N) is 1. The van der Waals surface area contributed by atoms with Crippen LogP contribution in [-0.2, 0) is 6.54 Å². The topological polar surface area (TPSA) is 3.88 Å². The van der Waals surface area contributed by atoms with Crippen LogP contribution in [0.2, 0.25) is 0 Å². The molecule has 0 aliphatic rings. The Labute approximate surface area is 158 Å². The van der Waals surface area contributed by atoms with Crippen molar-refractivity contribution in [3.8, 4) is 0 Å². The molecular formula is C24H44N+. The van der Waals surface area contributed by atoms with E-state index in [9.17, 15) is 0 Å². The van der Waals surface area contributed by atoms with Gasteiger partial charge in [-0.15, -0.1) is 0 Å². The number of hydrogen-bond donors (Lipinski definition) is 0. The van der Waals surface area contributed by atoms with Crippen molar-refractivity contribution >= 4 is 0 Å². The van der Waals surface area contributed by atoms with Gasteiger partial charge in [-0.1, -0.05) is 96.8 Å². The van der Waals surface area contributed by atoms with Crippen LogP contribution in [-0.4, -0.2) is 0 Å². The van der Waals surface area contributed by atoms with Gasteiger partial charge in [0.05, 0.1) is 0 Å². The van der Waals surface area contributed by atoms with E-state index < -0.39 is 0 Å². The van der Waals surface area contributed by atoms with Crippen LogP contribution in [0.15, 0.2) is 24.5 Å². The van der Waals surface area contributed by atoms with Gasteiger partial charge in [-0.3, -0.25) is 0 Å². The molecule has 0 aliphatic carbocycles. The Bertz CT molecular complexity index is 399. The lowest BCUT2D eigenvalue weighted by atomic mass is 10.0. The molecule has 1 aromatic rings. The SMILES string of the molecule is CCCCCCCCCCCCCCCCCC[n+]1cccc(C)c1. The first-order valence-electron chi connectivity index (χ1n) is 11.3. The average Bonchev–Trinajstić information content (AvgIpc) is 2.61. The molecule has 25 heavy (non-hydrogen) atoms. The van der Waals surface area contributed by atoms with Crippen molar-refractivity contribution in [3.05, 3.63) is 30.1 Å². The largest absolute Gasteiger partial charge is 0.205 e. The third-order valence-corrected chi connectivity index (χ3v) is 5.28. The highest BCUT2D eigenvalue weighted by atomic mass is 14.9. The van der Waals surface area contributed by atoms with E-state index in [1.54, 1.807) is 0 Å². The van der Waals surface area contributed by atoms with Gasteiger partial charge in [-0.25, -0.2) is 4.57 Å². The molecule has 0 aliphatic heterocycles. The second-order valence-electron chi connectivity index (χ2n) is 7.92. The van der Waals surface area contributed by atoms with E-state index in [4.69, 9.17) is 0 Å². The summed E-state index contributed by atoms with van der Waals surface area (Å²) in [6, 6.07) is 4.33. The summed E-state index contributed by atoms with van der Waals surface area (Å²) in [4.78, 5) is 0. The molecule has 1 heteroatoms. The zero-order valence-corrected chi connectivity index (χ0v) is 17.3. The van der Waals surface area contributed by atoms with Gasteiger partial charge in [0.1, 0.15) is 6.54 Å². The maximum absolute atomic E-state index is 2.33. The maximum atomic E-state index is 2.33. The van der Waals surface area contributed by atoms with Crippen LogP contribution in [0, 0.1) is 6.92 Å². The fraction of sp³-hybridized carbons (Fsp3) is 0.792. The molecule has 0 amide bonds. The van der Waals surface area contributed by atoms with Gasteiger partial charge in [-0.2, -0.15) is 0 Å². The van der Waals surface area contributed by atoms with Crippen LogP contribution < -0.4 is 4.57 Å². The molecule has 0 fully saturated rings. The number of pyridine rings is 1. The molecule has 1 heterocycles. The number of aryl methyl sites for hydroxylation is 2. The van der Waals surface area contributed by atoms with Crippen molar-refractivity contribution < 1.29 is 4.57 Å². The van der Waals surface area contributed by atoms with Crippen LogP contribution in [0.3, 0.4) is 0 Å². The van der Waals surface area contributed by atoms with Crippen molar-refractivity contribution in [3.63, 3.8) is 0 Å². The van der Waals surface area contributed by atoms with E-state index in [0.29, 0.717) is 0 Å². The Kier molecular flexibility index (Phi) is 14.7. The van der Waals surface area contributed by atoms with Gasteiger partial charge in [0.25, 0.3) is 0 Å². The van der Waals surface area contributed by atoms with Crippen LogP contribution >= 0.6 is 0 Å². The van der Waals surface area contributed by atoms with Crippen LogP contribution in [0.25, 0.3) is 0 Å². The third kappa shape index (κ3) is 14.0. The highest BCUT2D eigenvalue weighted by Crippen LogP contribution is 2.13. The summed E-state index contributed by atoms with van der Waals surface area (Å²) in [5.74, 6) is 0. The third-order valence-electron chi connectivity index (χ3n) is 5.28. The minimum atomic E-state index is 1.18. The summed E-state index contributed by atoms with van der Waals surface area (Å²) in [5.41, 5.74) is 1.36. The number of rotatable bonds is 17. The number of hydrogen-bond acceptors (Lipinski definition) is 0. The minimum absolute atomic E-state index is 1.18. The molecular weight excluding hydrogens is 302 g/mol. The number of unbranched alkanes of at least 4 members (excludes halogenated alkanes) is 15. The standard InChI is InChI=1S/C24H44N/c1-3-4-5-6-7-8-9-10-11-12-13-14-15-16-17-18-21-25-22-19-20-24(2)23-25/h19-20,22-23H,3-18,21H2,1-2H3/q+1. The van der Waals surface area contributed by atoms with E-state index in [1.165, 1.54) is 115 Å². The summed E-state index contributed by atoms with van der Waals surface area (Å²) in [7, 11) is 0. The monoisotopic (exact) mass is 346 g/mol. The molecule has 0 aromatic carbocycles. The molecule has 144 valence electrons. The van der Waals surface area contributed by atoms with Gasteiger partial charge in [0, 0.05) is 18.1 Å². The summed E-state index contributed by atoms with van der Waals surface area (Å²) in [6.07, 6.45) is 27.5. The first-order chi connectivity index (χ1) is 12.3. The molecule has 0 saturated heterocycles. The summed E-state index contributed by atoms with van der Waals surface area (Å²) < 4.78 is 2.33. The van der Waals surface area contributed by atoms with Crippen molar-refractivity contribution in [1.29, 1.82) is 0 Å².